The van der Waals surface area contributed by atoms with Gasteiger partial charge in [-0.1, -0.05) is 13.8 Å². The monoisotopic (exact) mass is 320 g/mol. The van der Waals surface area contributed by atoms with Crippen LogP contribution in [0, 0.1) is 11.8 Å². The van der Waals surface area contributed by atoms with Crippen LogP contribution in [0.5, 0.6) is 0 Å². The molecular weight excluding hydrogens is 288 g/mol. The summed E-state index contributed by atoms with van der Waals surface area (Å²) in [5.41, 5.74) is 0. The molecule has 0 aromatic carbocycles. The lowest BCUT2D eigenvalue weighted by atomic mass is 9.89. The Labute approximate surface area is 130 Å². The minimum atomic E-state index is -3.05. The van der Waals surface area contributed by atoms with Crippen molar-refractivity contribution in [2.45, 2.75) is 45.6 Å². The second-order valence-corrected chi connectivity index (χ2v) is 8.40. The van der Waals surface area contributed by atoms with Crippen molar-refractivity contribution in [3.8, 4) is 0 Å². The Balaban J connectivity index is 2.53. The van der Waals surface area contributed by atoms with Gasteiger partial charge >= 0.3 is 0 Å². The number of ether oxygens (including phenoxy) is 1. The van der Waals surface area contributed by atoms with Crippen LogP contribution in [0.1, 0.15) is 39.5 Å². The van der Waals surface area contributed by atoms with Gasteiger partial charge in [0.2, 0.25) is 10.0 Å². The zero-order valence-corrected chi connectivity index (χ0v) is 14.8. The lowest BCUT2D eigenvalue weighted by Gasteiger charge is -2.33. The zero-order chi connectivity index (χ0) is 15.9. The fourth-order valence-electron chi connectivity index (χ4n) is 3.31. The van der Waals surface area contributed by atoms with Crippen molar-refractivity contribution in [2.24, 2.45) is 11.8 Å². The van der Waals surface area contributed by atoms with Crippen molar-refractivity contribution in [3.63, 3.8) is 0 Å². The topological polar surface area (TPSA) is 58.6 Å². The maximum atomic E-state index is 11.7. The number of methoxy groups -OCH3 is 1. The number of hydrogen-bond acceptors (Lipinski definition) is 4. The molecule has 0 spiro atoms. The first kappa shape index (κ1) is 18.9. The van der Waals surface area contributed by atoms with Gasteiger partial charge in [0.15, 0.2) is 0 Å². The van der Waals surface area contributed by atoms with Gasteiger partial charge in [-0.3, -0.25) is 0 Å². The SMILES string of the molecule is CCNC(CC(C)COC)CC1CCCN(S(C)(=O)=O)C1. The first-order valence-electron chi connectivity index (χ1n) is 8.04. The summed E-state index contributed by atoms with van der Waals surface area (Å²) in [6.45, 7) is 7.42. The normalized spacial score (nSPS) is 23.9. The minimum absolute atomic E-state index is 0.449. The first-order valence-corrected chi connectivity index (χ1v) is 9.89. The Morgan fingerprint density at radius 3 is 2.71 bits per heavy atom. The molecule has 1 aliphatic heterocycles. The van der Waals surface area contributed by atoms with E-state index in [0.29, 0.717) is 31.0 Å². The van der Waals surface area contributed by atoms with Gasteiger partial charge in [0.1, 0.15) is 0 Å². The van der Waals surface area contributed by atoms with Crippen LogP contribution >= 0.6 is 0 Å². The van der Waals surface area contributed by atoms with E-state index >= 15 is 0 Å². The second-order valence-electron chi connectivity index (χ2n) is 6.42. The molecule has 1 fully saturated rings. The first-order chi connectivity index (χ1) is 9.86. The summed E-state index contributed by atoms with van der Waals surface area (Å²) in [5.74, 6) is 0.987. The molecule has 0 bridgehead atoms. The fraction of sp³-hybridized carbons (Fsp3) is 1.00. The molecule has 6 heteroatoms. The molecule has 1 rings (SSSR count). The van der Waals surface area contributed by atoms with Crippen molar-refractivity contribution >= 4 is 10.0 Å². The molecule has 0 amide bonds. The third-order valence-corrected chi connectivity index (χ3v) is 5.47. The summed E-state index contributed by atoms with van der Waals surface area (Å²) < 4.78 is 30.3. The number of sulfonamides is 1. The molecule has 1 heterocycles. The van der Waals surface area contributed by atoms with E-state index in [2.05, 4.69) is 19.2 Å². The quantitative estimate of drug-likeness (QED) is 0.702. The molecule has 0 saturated carbocycles. The predicted octanol–water partition coefficient (Wildman–Crippen LogP) is 1.70. The summed E-state index contributed by atoms with van der Waals surface area (Å²) in [6, 6.07) is 0.449. The van der Waals surface area contributed by atoms with Crippen molar-refractivity contribution in [1.29, 1.82) is 0 Å². The average Bonchev–Trinajstić information content (AvgIpc) is 2.38. The van der Waals surface area contributed by atoms with Crippen LogP contribution < -0.4 is 5.32 Å². The summed E-state index contributed by atoms with van der Waals surface area (Å²) in [4.78, 5) is 0. The Hall–Kier alpha value is -0.170. The van der Waals surface area contributed by atoms with Crippen LogP contribution in [0.4, 0.5) is 0 Å². The van der Waals surface area contributed by atoms with Gasteiger partial charge in [-0.05, 0) is 44.1 Å². The van der Waals surface area contributed by atoms with Crippen molar-refractivity contribution in [2.75, 3.05) is 39.6 Å². The molecule has 0 aliphatic carbocycles. The molecule has 0 aromatic heterocycles. The maximum absolute atomic E-state index is 11.7. The average molecular weight is 320 g/mol. The van der Waals surface area contributed by atoms with Crippen molar-refractivity contribution in [3.05, 3.63) is 0 Å². The molecule has 0 aromatic rings. The van der Waals surface area contributed by atoms with E-state index < -0.39 is 10.0 Å². The molecule has 21 heavy (non-hydrogen) atoms. The lowest BCUT2D eigenvalue weighted by molar-refractivity contribution is 0.143. The maximum Gasteiger partial charge on any atom is 0.211 e. The molecule has 1 aliphatic rings. The van der Waals surface area contributed by atoms with Gasteiger partial charge in [-0.25, -0.2) is 12.7 Å². The van der Waals surface area contributed by atoms with Gasteiger partial charge in [0.05, 0.1) is 6.26 Å². The predicted molar refractivity (Wildman–Crippen MR) is 86.9 cm³/mol. The fourth-order valence-corrected chi connectivity index (χ4v) is 4.26. The standard InChI is InChI=1S/C15H32N2O3S/c1-5-16-15(9-13(2)12-20-3)10-14-7-6-8-17(11-14)21(4,18)19/h13-16H,5-12H2,1-4H3. The Morgan fingerprint density at radius 2 is 2.14 bits per heavy atom. The van der Waals surface area contributed by atoms with E-state index in [9.17, 15) is 8.42 Å². The highest BCUT2D eigenvalue weighted by atomic mass is 32.2. The second kappa shape index (κ2) is 9.08. The highest BCUT2D eigenvalue weighted by Gasteiger charge is 2.27. The van der Waals surface area contributed by atoms with Gasteiger partial charge in [-0.15, -0.1) is 0 Å². The summed E-state index contributed by atoms with van der Waals surface area (Å²) in [6.07, 6.45) is 5.56. The Bertz CT molecular complexity index is 386. The molecule has 126 valence electrons. The molecule has 1 N–H and O–H groups in total. The largest absolute Gasteiger partial charge is 0.384 e. The third kappa shape index (κ3) is 7.08. The number of piperidine rings is 1. The van der Waals surface area contributed by atoms with Gasteiger partial charge in [0, 0.05) is 32.8 Å². The highest BCUT2D eigenvalue weighted by molar-refractivity contribution is 7.88. The Morgan fingerprint density at radius 1 is 1.43 bits per heavy atom. The number of rotatable bonds is 9. The molecule has 3 atom stereocenters. The van der Waals surface area contributed by atoms with Crippen molar-refractivity contribution in [1.82, 2.24) is 9.62 Å². The summed E-state index contributed by atoms with van der Waals surface area (Å²) in [7, 11) is -1.31. The van der Waals surface area contributed by atoms with E-state index in [1.165, 1.54) is 6.26 Å². The molecule has 0 radical (unpaired) electrons. The summed E-state index contributed by atoms with van der Waals surface area (Å²) >= 11 is 0. The third-order valence-electron chi connectivity index (χ3n) is 4.20. The van der Waals surface area contributed by atoms with Crippen LogP contribution in [-0.4, -0.2) is 58.4 Å². The number of nitrogens with zero attached hydrogens (tertiary/aromatic N) is 1. The van der Waals surface area contributed by atoms with E-state index in [4.69, 9.17) is 4.74 Å². The van der Waals surface area contributed by atoms with E-state index in [1.807, 2.05) is 0 Å². The number of nitrogens with one attached hydrogen (secondary N) is 1. The van der Waals surface area contributed by atoms with Crippen LogP contribution in [-0.2, 0) is 14.8 Å². The molecule has 1 saturated heterocycles. The smallest absolute Gasteiger partial charge is 0.211 e. The van der Waals surface area contributed by atoms with Crippen LogP contribution in [0.3, 0.4) is 0 Å². The van der Waals surface area contributed by atoms with Crippen LogP contribution in [0.15, 0.2) is 0 Å². The van der Waals surface area contributed by atoms with Gasteiger partial charge in [-0.2, -0.15) is 0 Å². The minimum Gasteiger partial charge on any atom is -0.384 e. The Kier molecular flexibility index (Phi) is 8.16. The van der Waals surface area contributed by atoms with Gasteiger partial charge in [0.25, 0.3) is 0 Å². The molecular formula is C15H32N2O3S. The number of hydrogen-bond donors (Lipinski definition) is 1. The van der Waals surface area contributed by atoms with E-state index in [0.717, 1.165) is 38.8 Å². The van der Waals surface area contributed by atoms with E-state index in [1.54, 1.807) is 11.4 Å². The van der Waals surface area contributed by atoms with E-state index in [-0.39, 0.29) is 0 Å². The molecule has 3 unspecified atom stereocenters. The van der Waals surface area contributed by atoms with Crippen molar-refractivity contribution < 1.29 is 13.2 Å². The lowest BCUT2D eigenvalue weighted by Crippen LogP contribution is -2.42. The van der Waals surface area contributed by atoms with Gasteiger partial charge < -0.3 is 10.1 Å². The highest BCUT2D eigenvalue weighted by Crippen LogP contribution is 2.24. The molecule has 5 nitrogen and oxygen atoms in total. The summed E-state index contributed by atoms with van der Waals surface area (Å²) in [5, 5.41) is 3.55. The van der Waals surface area contributed by atoms with Crippen LogP contribution in [0.25, 0.3) is 0 Å². The van der Waals surface area contributed by atoms with Crippen LogP contribution in [0.2, 0.25) is 0 Å². The zero-order valence-electron chi connectivity index (χ0n) is 14.0.